The molecular formula is C10H13N3O2. The van der Waals surface area contributed by atoms with E-state index in [-0.39, 0.29) is 11.9 Å². The van der Waals surface area contributed by atoms with Gasteiger partial charge in [0.15, 0.2) is 0 Å². The van der Waals surface area contributed by atoms with E-state index in [9.17, 15) is 4.79 Å². The maximum atomic E-state index is 11.3. The van der Waals surface area contributed by atoms with Crippen molar-refractivity contribution in [2.24, 2.45) is 7.05 Å². The number of nitrogens with zero attached hydrogens (tertiary/aromatic N) is 2. The van der Waals surface area contributed by atoms with Crippen LogP contribution in [0.5, 0.6) is 0 Å². The molecule has 80 valence electrons. The Bertz CT molecular complexity index is 380. The summed E-state index contributed by atoms with van der Waals surface area (Å²) in [5.74, 6) is -0.0906. The van der Waals surface area contributed by atoms with Crippen molar-refractivity contribution in [1.29, 1.82) is 0 Å². The van der Waals surface area contributed by atoms with Crippen molar-refractivity contribution < 1.29 is 9.53 Å². The fraction of sp³-hybridized carbons (Fsp3) is 0.400. The third-order valence-corrected chi connectivity index (χ3v) is 2.14. The summed E-state index contributed by atoms with van der Waals surface area (Å²) >= 11 is 0. The lowest BCUT2D eigenvalue weighted by Crippen LogP contribution is -2.48. The summed E-state index contributed by atoms with van der Waals surface area (Å²) in [6, 6.07) is 0.177. The van der Waals surface area contributed by atoms with Gasteiger partial charge in [0.05, 0.1) is 25.5 Å². The van der Waals surface area contributed by atoms with Crippen LogP contribution < -0.4 is 5.32 Å². The number of carbonyl (C=O) groups excluding carboxylic acids is 1. The van der Waals surface area contributed by atoms with E-state index >= 15 is 0 Å². The third kappa shape index (κ3) is 2.66. The van der Waals surface area contributed by atoms with Crippen LogP contribution in [0.15, 0.2) is 18.5 Å². The van der Waals surface area contributed by atoms with E-state index < -0.39 is 0 Å². The summed E-state index contributed by atoms with van der Waals surface area (Å²) in [6.07, 6.45) is 6.80. The first kappa shape index (κ1) is 9.92. The highest BCUT2D eigenvalue weighted by molar-refractivity contribution is 5.91. The van der Waals surface area contributed by atoms with E-state index in [4.69, 9.17) is 4.74 Å². The van der Waals surface area contributed by atoms with Crippen LogP contribution in [0.3, 0.4) is 0 Å². The molecule has 0 unspecified atom stereocenters. The molecule has 0 bridgehead atoms. The molecular weight excluding hydrogens is 194 g/mol. The molecule has 1 aliphatic rings. The first-order chi connectivity index (χ1) is 7.24. The van der Waals surface area contributed by atoms with Crippen LogP contribution in [-0.2, 0) is 16.6 Å². The SMILES string of the molecule is Cn1cc(C=CC(=O)NC2COC2)cn1. The van der Waals surface area contributed by atoms with Gasteiger partial charge in [0.25, 0.3) is 0 Å². The number of aryl methyl sites for hydroxylation is 1. The molecule has 1 aromatic rings. The lowest BCUT2D eigenvalue weighted by molar-refractivity contribution is -0.120. The normalized spacial score (nSPS) is 16.6. The molecule has 1 aliphatic heterocycles. The molecule has 15 heavy (non-hydrogen) atoms. The van der Waals surface area contributed by atoms with Gasteiger partial charge in [0, 0.05) is 24.9 Å². The Morgan fingerprint density at radius 1 is 1.73 bits per heavy atom. The van der Waals surface area contributed by atoms with Gasteiger partial charge in [0.1, 0.15) is 0 Å². The van der Waals surface area contributed by atoms with E-state index in [1.54, 1.807) is 17.0 Å². The van der Waals surface area contributed by atoms with Crippen molar-refractivity contribution in [1.82, 2.24) is 15.1 Å². The lowest BCUT2D eigenvalue weighted by Gasteiger charge is -2.26. The predicted octanol–water partition coefficient (Wildman–Crippen LogP) is -0.0517. The molecule has 2 rings (SSSR count). The van der Waals surface area contributed by atoms with Crippen molar-refractivity contribution in [3.63, 3.8) is 0 Å². The fourth-order valence-corrected chi connectivity index (χ4v) is 1.27. The molecule has 0 radical (unpaired) electrons. The molecule has 0 aromatic carbocycles. The van der Waals surface area contributed by atoms with Crippen LogP contribution in [0.2, 0.25) is 0 Å². The Morgan fingerprint density at radius 2 is 2.53 bits per heavy atom. The smallest absolute Gasteiger partial charge is 0.244 e. The van der Waals surface area contributed by atoms with Gasteiger partial charge in [-0.2, -0.15) is 5.10 Å². The molecule has 1 aromatic heterocycles. The van der Waals surface area contributed by atoms with E-state index in [0.29, 0.717) is 13.2 Å². The quantitative estimate of drug-likeness (QED) is 0.707. The second-order valence-electron chi connectivity index (χ2n) is 3.52. The maximum Gasteiger partial charge on any atom is 0.244 e. The summed E-state index contributed by atoms with van der Waals surface area (Å²) in [5.41, 5.74) is 0.914. The van der Waals surface area contributed by atoms with Gasteiger partial charge in [0.2, 0.25) is 5.91 Å². The summed E-state index contributed by atoms with van der Waals surface area (Å²) < 4.78 is 6.64. The number of ether oxygens (including phenoxy) is 1. The second kappa shape index (κ2) is 4.27. The maximum absolute atomic E-state index is 11.3. The van der Waals surface area contributed by atoms with E-state index in [2.05, 4.69) is 10.4 Å². The highest BCUT2D eigenvalue weighted by Gasteiger charge is 2.18. The predicted molar refractivity (Wildman–Crippen MR) is 55.0 cm³/mol. The zero-order chi connectivity index (χ0) is 10.7. The number of hydrogen-bond donors (Lipinski definition) is 1. The molecule has 0 aliphatic carbocycles. The van der Waals surface area contributed by atoms with Crippen molar-refractivity contribution in [3.8, 4) is 0 Å². The first-order valence-electron chi connectivity index (χ1n) is 4.79. The van der Waals surface area contributed by atoms with Crippen LogP contribution in [0, 0.1) is 0 Å². The minimum Gasteiger partial charge on any atom is -0.377 e. The molecule has 1 fully saturated rings. The topological polar surface area (TPSA) is 56.2 Å². The number of nitrogens with one attached hydrogen (secondary N) is 1. The monoisotopic (exact) mass is 207 g/mol. The zero-order valence-electron chi connectivity index (χ0n) is 8.51. The Kier molecular flexibility index (Phi) is 2.82. The molecule has 0 saturated carbocycles. The second-order valence-corrected chi connectivity index (χ2v) is 3.52. The largest absolute Gasteiger partial charge is 0.377 e. The van der Waals surface area contributed by atoms with E-state index in [0.717, 1.165) is 5.56 Å². The molecule has 1 saturated heterocycles. The Labute approximate surface area is 87.7 Å². The molecule has 0 spiro atoms. The zero-order valence-corrected chi connectivity index (χ0v) is 8.51. The van der Waals surface area contributed by atoms with Crippen molar-refractivity contribution in [2.75, 3.05) is 13.2 Å². The number of rotatable bonds is 3. The van der Waals surface area contributed by atoms with Gasteiger partial charge in [-0.05, 0) is 6.08 Å². The molecule has 1 N–H and O–H groups in total. The molecule has 2 heterocycles. The van der Waals surface area contributed by atoms with Crippen LogP contribution in [0.25, 0.3) is 6.08 Å². The van der Waals surface area contributed by atoms with Crippen LogP contribution >= 0.6 is 0 Å². The van der Waals surface area contributed by atoms with E-state index in [1.165, 1.54) is 6.08 Å². The minimum atomic E-state index is -0.0906. The molecule has 0 atom stereocenters. The summed E-state index contributed by atoms with van der Waals surface area (Å²) in [6.45, 7) is 1.24. The fourth-order valence-electron chi connectivity index (χ4n) is 1.27. The van der Waals surface area contributed by atoms with Gasteiger partial charge in [-0.1, -0.05) is 0 Å². The number of hydrogen-bond acceptors (Lipinski definition) is 3. The van der Waals surface area contributed by atoms with Gasteiger partial charge in [-0.15, -0.1) is 0 Å². The first-order valence-corrected chi connectivity index (χ1v) is 4.79. The van der Waals surface area contributed by atoms with E-state index in [1.807, 2.05) is 13.2 Å². The highest BCUT2D eigenvalue weighted by atomic mass is 16.5. The minimum absolute atomic E-state index is 0.0906. The number of amides is 1. The Hall–Kier alpha value is -1.62. The average Bonchev–Trinajstić information content (AvgIpc) is 2.55. The summed E-state index contributed by atoms with van der Waals surface area (Å²) in [4.78, 5) is 11.3. The van der Waals surface area contributed by atoms with Crippen LogP contribution in [0.4, 0.5) is 0 Å². The van der Waals surface area contributed by atoms with Crippen LogP contribution in [-0.4, -0.2) is 34.9 Å². The number of aromatic nitrogens is 2. The van der Waals surface area contributed by atoms with Crippen molar-refractivity contribution >= 4 is 12.0 Å². The van der Waals surface area contributed by atoms with Gasteiger partial charge < -0.3 is 10.1 Å². The standard InChI is InChI=1S/C10H13N3O2/c1-13-5-8(4-11-13)2-3-10(14)12-9-6-15-7-9/h2-5,9H,6-7H2,1H3,(H,12,14). The van der Waals surface area contributed by atoms with Gasteiger partial charge in [-0.25, -0.2) is 0 Å². The highest BCUT2D eigenvalue weighted by Crippen LogP contribution is 2.01. The Morgan fingerprint density at radius 3 is 3.07 bits per heavy atom. The lowest BCUT2D eigenvalue weighted by atomic mass is 10.2. The third-order valence-electron chi connectivity index (χ3n) is 2.14. The Balaban J connectivity index is 1.84. The molecule has 5 heteroatoms. The molecule has 5 nitrogen and oxygen atoms in total. The van der Waals surface area contributed by atoms with Gasteiger partial charge in [-0.3, -0.25) is 9.48 Å². The van der Waals surface area contributed by atoms with Gasteiger partial charge >= 0.3 is 0 Å². The molecule has 1 amide bonds. The summed E-state index contributed by atoms with van der Waals surface area (Å²) in [5, 5.41) is 6.81. The van der Waals surface area contributed by atoms with Crippen LogP contribution in [0.1, 0.15) is 5.56 Å². The number of carbonyl (C=O) groups is 1. The van der Waals surface area contributed by atoms with Crippen molar-refractivity contribution in [2.45, 2.75) is 6.04 Å². The average molecular weight is 207 g/mol. The van der Waals surface area contributed by atoms with Crippen molar-refractivity contribution in [3.05, 3.63) is 24.0 Å². The summed E-state index contributed by atoms with van der Waals surface area (Å²) in [7, 11) is 1.84.